The largest absolute Gasteiger partial charge is 0.451 e. The van der Waals surface area contributed by atoms with Crippen LogP contribution in [-0.2, 0) is 19.3 Å². The summed E-state index contributed by atoms with van der Waals surface area (Å²) in [6.45, 7) is 0.670. The van der Waals surface area contributed by atoms with Crippen LogP contribution in [0.1, 0.15) is 11.6 Å². The lowest BCUT2D eigenvalue weighted by atomic mass is 10.3. The second-order valence-electron chi connectivity index (χ2n) is 4.58. The molecular weight excluding hydrogens is 353 g/mol. The quantitative estimate of drug-likeness (QED) is 0.840. The molecule has 0 fully saturated rings. The van der Waals surface area contributed by atoms with Gasteiger partial charge in [0.25, 0.3) is 0 Å². The molecule has 0 aromatic carbocycles. The summed E-state index contributed by atoms with van der Waals surface area (Å²) in [6.07, 6.45) is -2.91. The molecule has 2 N–H and O–H groups in total. The molecule has 3 rings (SSSR count). The molecule has 2 aromatic rings. The maximum absolute atomic E-state index is 12.8. The van der Waals surface area contributed by atoms with Crippen molar-refractivity contribution in [3.05, 3.63) is 28.4 Å². The molecule has 6 nitrogen and oxygen atoms in total. The van der Waals surface area contributed by atoms with E-state index in [-0.39, 0.29) is 18.9 Å². The summed E-state index contributed by atoms with van der Waals surface area (Å²) in [4.78, 5) is 5.99. The normalized spacial score (nSPS) is 15.1. The number of halogens is 4. The summed E-state index contributed by atoms with van der Waals surface area (Å²) < 4.78 is 40.1. The standard InChI is InChI=1S/C11H10BrF3N6/c12-6-3-7(16)9(17-4-6)20-1-2-21-8(5-20)18-19-10(21)11(13,14)15/h3-4H,1-2,5,16H2. The average molecular weight is 363 g/mol. The van der Waals surface area contributed by atoms with Crippen molar-refractivity contribution in [3.8, 4) is 0 Å². The minimum atomic E-state index is -4.50. The molecule has 3 heterocycles. The molecule has 10 heteroatoms. The van der Waals surface area contributed by atoms with Crippen molar-refractivity contribution in [3.63, 3.8) is 0 Å². The maximum Gasteiger partial charge on any atom is 0.451 e. The third kappa shape index (κ3) is 2.55. The van der Waals surface area contributed by atoms with E-state index < -0.39 is 12.0 Å². The summed E-state index contributed by atoms with van der Waals surface area (Å²) in [7, 11) is 0. The molecule has 21 heavy (non-hydrogen) atoms. The number of alkyl halides is 3. The number of hydrogen-bond donors (Lipinski definition) is 1. The Morgan fingerprint density at radius 1 is 1.24 bits per heavy atom. The van der Waals surface area contributed by atoms with Gasteiger partial charge in [-0.15, -0.1) is 10.2 Å². The third-order valence-corrected chi connectivity index (χ3v) is 3.60. The Hall–Kier alpha value is -1.84. The summed E-state index contributed by atoms with van der Waals surface area (Å²) in [5.74, 6) is -0.187. The van der Waals surface area contributed by atoms with Crippen molar-refractivity contribution < 1.29 is 13.2 Å². The van der Waals surface area contributed by atoms with Crippen molar-refractivity contribution in [1.82, 2.24) is 19.7 Å². The van der Waals surface area contributed by atoms with Gasteiger partial charge in [-0.1, -0.05) is 0 Å². The third-order valence-electron chi connectivity index (χ3n) is 3.17. The molecule has 1 aliphatic heterocycles. The number of aromatic nitrogens is 4. The number of pyridine rings is 1. The molecule has 0 spiro atoms. The van der Waals surface area contributed by atoms with Gasteiger partial charge in [0, 0.05) is 23.8 Å². The molecular formula is C11H10BrF3N6. The molecule has 0 aliphatic carbocycles. The number of fused-ring (bicyclic) bond motifs is 1. The van der Waals surface area contributed by atoms with Crippen LogP contribution in [0.5, 0.6) is 0 Å². The molecule has 0 saturated heterocycles. The predicted octanol–water partition coefficient (Wildman–Crippen LogP) is 2.06. The summed E-state index contributed by atoms with van der Waals surface area (Å²) in [6, 6.07) is 1.70. The minimum absolute atomic E-state index is 0.133. The first-order valence-electron chi connectivity index (χ1n) is 6.01. The van der Waals surface area contributed by atoms with E-state index in [0.29, 0.717) is 18.1 Å². The van der Waals surface area contributed by atoms with Crippen LogP contribution in [0, 0.1) is 0 Å². The van der Waals surface area contributed by atoms with E-state index in [1.807, 2.05) is 0 Å². The van der Waals surface area contributed by atoms with Gasteiger partial charge in [-0.2, -0.15) is 13.2 Å². The second kappa shape index (κ2) is 4.86. The van der Waals surface area contributed by atoms with Gasteiger partial charge in [0.15, 0.2) is 11.6 Å². The molecule has 112 valence electrons. The first-order valence-corrected chi connectivity index (χ1v) is 6.81. The number of anilines is 2. The Kier molecular flexibility index (Phi) is 3.27. The summed E-state index contributed by atoms with van der Waals surface area (Å²) >= 11 is 3.26. The Bertz CT molecular complexity index is 683. The van der Waals surface area contributed by atoms with Crippen LogP contribution < -0.4 is 10.6 Å². The Balaban J connectivity index is 1.90. The lowest BCUT2D eigenvalue weighted by molar-refractivity contribution is -0.147. The van der Waals surface area contributed by atoms with Crippen molar-refractivity contribution in [1.29, 1.82) is 0 Å². The second-order valence-corrected chi connectivity index (χ2v) is 5.49. The van der Waals surface area contributed by atoms with Crippen molar-refractivity contribution >= 4 is 27.4 Å². The van der Waals surface area contributed by atoms with E-state index in [2.05, 4.69) is 31.1 Å². The van der Waals surface area contributed by atoms with Crippen molar-refractivity contribution in [2.75, 3.05) is 17.2 Å². The highest BCUT2D eigenvalue weighted by Gasteiger charge is 2.39. The van der Waals surface area contributed by atoms with Crippen LogP contribution >= 0.6 is 15.9 Å². The maximum atomic E-state index is 12.8. The van der Waals surface area contributed by atoms with E-state index in [1.54, 1.807) is 17.2 Å². The number of rotatable bonds is 1. The first-order chi connectivity index (χ1) is 9.86. The van der Waals surface area contributed by atoms with Gasteiger partial charge in [-0.3, -0.25) is 0 Å². The van der Waals surface area contributed by atoms with E-state index >= 15 is 0 Å². The van der Waals surface area contributed by atoms with Gasteiger partial charge in [0.05, 0.1) is 12.2 Å². The first kappa shape index (κ1) is 14.1. The van der Waals surface area contributed by atoms with Crippen LogP contribution in [0.25, 0.3) is 0 Å². The van der Waals surface area contributed by atoms with Crippen LogP contribution in [0.15, 0.2) is 16.7 Å². The van der Waals surface area contributed by atoms with Crippen LogP contribution in [0.3, 0.4) is 0 Å². The highest BCUT2D eigenvalue weighted by molar-refractivity contribution is 9.10. The monoisotopic (exact) mass is 362 g/mol. The van der Waals surface area contributed by atoms with Crippen LogP contribution in [0.4, 0.5) is 24.7 Å². The zero-order chi connectivity index (χ0) is 15.2. The van der Waals surface area contributed by atoms with E-state index in [1.165, 1.54) is 0 Å². The molecule has 1 aliphatic rings. The number of nitrogens with two attached hydrogens (primary N) is 1. The highest BCUT2D eigenvalue weighted by Crippen LogP contribution is 2.31. The van der Waals surface area contributed by atoms with Crippen LogP contribution in [0.2, 0.25) is 0 Å². The molecule has 0 radical (unpaired) electrons. The predicted molar refractivity (Wildman–Crippen MR) is 72.4 cm³/mol. The SMILES string of the molecule is Nc1cc(Br)cnc1N1CCn2c(nnc2C(F)(F)F)C1. The fourth-order valence-electron chi connectivity index (χ4n) is 2.26. The molecule has 0 saturated carbocycles. The number of hydrogen-bond acceptors (Lipinski definition) is 5. The van der Waals surface area contributed by atoms with Gasteiger partial charge in [0.1, 0.15) is 0 Å². The van der Waals surface area contributed by atoms with Gasteiger partial charge in [-0.25, -0.2) is 4.98 Å². The minimum Gasteiger partial charge on any atom is -0.396 e. The van der Waals surface area contributed by atoms with E-state index in [4.69, 9.17) is 5.73 Å². The smallest absolute Gasteiger partial charge is 0.396 e. The van der Waals surface area contributed by atoms with Crippen LogP contribution in [-0.4, -0.2) is 26.3 Å². The van der Waals surface area contributed by atoms with E-state index in [9.17, 15) is 13.2 Å². The van der Waals surface area contributed by atoms with Crippen molar-refractivity contribution in [2.24, 2.45) is 0 Å². The van der Waals surface area contributed by atoms with Gasteiger partial charge in [-0.05, 0) is 22.0 Å². The van der Waals surface area contributed by atoms with Gasteiger partial charge in [0.2, 0.25) is 5.82 Å². The lowest BCUT2D eigenvalue weighted by Gasteiger charge is -2.29. The molecule has 0 atom stereocenters. The van der Waals surface area contributed by atoms with Gasteiger partial charge < -0.3 is 15.2 Å². The topological polar surface area (TPSA) is 72.9 Å². The zero-order valence-electron chi connectivity index (χ0n) is 10.6. The fraction of sp³-hybridized carbons (Fsp3) is 0.364. The fourth-order valence-corrected chi connectivity index (χ4v) is 2.61. The molecule has 0 unspecified atom stereocenters. The Labute approximate surface area is 125 Å². The van der Waals surface area contributed by atoms with Gasteiger partial charge >= 0.3 is 6.18 Å². The Morgan fingerprint density at radius 2 is 2.00 bits per heavy atom. The van der Waals surface area contributed by atoms with E-state index in [0.717, 1.165) is 9.04 Å². The van der Waals surface area contributed by atoms with Crippen molar-refractivity contribution in [2.45, 2.75) is 19.3 Å². The number of nitrogen functional groups attached to an aromatic ring is 1. The zero-order valence-corrected chi connectivity index (χ0v) is 12.2. The number of nitrogens with zero attached hydrogens (tertiary/aromatic N) is 5. The lowest BCUT2D eigenvalue weighted by Crippen LogP contribution is -2.36. The molecule has 2 aromatic heterocycles. The Morgan fingerprint density at radius 3 is 2.67 bits per heavy atom. The average Bonchev–Trinajstić information content (AvgIpc) is 2.81. The summed E-state index contributed by atoms with van der Waals surface area (Å²) in [5.41, 5.74) is 6.34. The summed E-state index contributed by atoms with van der Waals surface area (Å²) in [5, 5.41) is 6.86. The molecule has 0 bridgehead atoms. The highest BCUT2D eigenvalue weighted by atomic mass is 79.9. The molecule has 0 amide bonds.